The minimum Gasteiger partial charge on any atom is -0.457 e. The van der Waals surface area contributed by atoms with Crippen molar-refractivity contribution in [3.63, 3.8) is 0 Å². The maximum atomic E-state index is 12.3. The molecule has 0 aromatic heterocycles. The van der Waals surface area contributed by atoms with E-state index in [9.17, 15) is 29.3 Å². The van der Waals surface area contributed by atoms with E-state index in [0.717, 1.165) is 44.9 Å². The zero-order valence-electron chi connectivity index (χ0n) is 32.5. The molecule has 0 saturated heterocycles. The van der Waals surface area contributed by atoms with E-state index >= 15 is 0 Å². The van der Waals surface area contributed by atoms with E-state index in [0.29, 0.717) is 12.8 Å². The lowest BCUT2D eigenvalue weighted by atomic mass is 10.0. The van der Waals surface area contributed by atoms with Crippen LogP contribution in [0.25, 0.3) is 0 Å². The van der Waals surface area contributed by atoms with Gasteiger partial charge in [0.2, 0.25) is 0 Å². The van der Waals surface area contributed by atoms with Crippen LogP contribution >= 0.6 is 7.82 Å². The molecule has 302 valence electrons. The summed E-state index contributed by atoms with van der Waals surface area (Å²) in [4.78, 5) is 34.4. The highest BCUT2D eigenvalue weighted by Gasteiger charge is 2.27. The molecule has 3 unspecified atom stereocenters. The van der Waals surface area contributed by atoms with E-state index in [2.05, 4.69) is 44.2 Å². The van der Waals surface area contributed by atoms with Crippen molar-refractivity contribution >= 4 is 19.8 Å². The van der Waals surface area contributed by atoms with E-state index in [4.69, 9.17) is 18.5 Å². The van der Waals surface area contributed by atoms with Gasteiger partial charge in [-0.2, -0.15) is 0 Å². The van der Waals surface area contributed by atoms with Crippen LogP contribution in [0.4, 0.5) is 0 Å². The van der Waals surface area contributed by atoms with Gasteiger partial charge in [-0.25, -0.2) is 4.57 Å². The van der Waals surface area contributed by atoms with Crippen LogP contribution in [0.3, 0.4) is 0 Å². The van der Waals surface area contributed by atoms with Crippen molar-refractivity contribution in [3.05, 3.63) is 48.6 Å². The maximum Gasteiger partial charge on any atom is 0.472 e. The molecule has 0 aromatic rings. The van der Waals surface area contributed by atoms with E-state index in [1.54, 1.807) is 0 Å². The molecule has 0 amide bonds. The highest BCUT2D eigenvalue weighted by atomic mass is 31.2. The Bertz CT molecular complexity index is 1010. The van der Waals surface area contributed by atoms with E-state index in [1.165, 1.54) is 77.0 Å². The maximum absolute atomic E-state index is 12.3. The summed E-state index contributed by atoms with van der Waals surface area (Å²) in [6.07, 6.45) is 38.2. The fourth-order valence-corrected chi connectivity index (χ4v) is 6.03. The predicted molar refractivity (Wildman–Crippen MR) is 210 cm³/mol. The third-order valence-corrected chi connectivity index (χ3v) is 9.27. The molecule has 11 heteroatoms. The number of carbonyl (C=O) groups is 2. The third kappa shape index (κ3) is 35.0. The average Bonchev–Trinajstić information content (AvgIpc) is 3.13. The second kappa shape index (κ2) is 37.3. The molecule has 3 N–H and O–H groups in total. The summed E-state index contributed by atoms with van der Waals surface area (Å²) in [6, 6.07) is 0. The monoisotopic (exact) mass is 756 g/mol. The Hall–Kier alpha value is -2.07. The molecule has 0 rings (SSSR count). The van der Waals surface area contributed by atoms with Gasteiger partial charge in [-0.15, -0.1) is 0 Å². The summed E-state index contributed by atoms with van der Waals surface area (Å²) in [5, 5.41) is 19.1. The van der Waals surface area contributed by atoms with Crippen molar-refractivity contribution in [2.45, 2.75) is 174 Å². The largest absolute Gasteiger partial charge is 0.472 e. The minimum atomic E-state index is -4.65. The second-order valence-electron chi connectivity index (χ2n) is 13.2. The molecular formula is C41H73O10P. The zero-order chi connectivity index (χ0) is 38.4. The molecule has 10 nitrogen and oxygen atoms in total. The first-order valence-corrected chi connectivity index (χ1v) is 21.6. The van der Waals surface area contributed by atoms with Gasteiger partial charge in [-0.3, -0.25) is 18.6 Å². The van der Waals surface area contributed by atoms with Crippen LogP contribution < -0.4 is 0 Å². The lowest BCUT2D eigenvalue weighted by Crippen LogP contribution is -2.28. The van der Waals surface area contributed by atoms with Crippen LogP contribution in [0.5, 0.6) is 0 Å². The first kappa shape index (κ1) is 49.9. The van der Waals surface area contributed by atoms with E-state index < -0.39 is 58.4 Å². The number of unbranched alkanes of at least 4 members (excludes halogenated alkanes) is 15. The summed E-state index contributed by atoms with van der Waals surface area (Å²) < 4.78 is 32.4. The van der Waals surface area contributed by atoms with Crippen molar-refractivity contribution in [1.82, 2.24) is 0 Å². The number of phosphoric acid groups is 1. The van der Waals surface area contributed by atoms with E-state index in [-0.39, 0.29) is 12.8 Å². The number of hydrogen-bond donors (Lipinski definition) is 3. The Morgan fingerprint density at radius 2 is 0.904 bits per heavy atom. The minimum absolute atomic E-state index is 0.0704. The molecule has 0 radical (unpaired) electrons. The number of aliphatic hydroxyl groups is 2. The van der Waals surface area contributed by atoms with Crippen molar-refractivity contribution in [2.75, 3.05) is 26.4 Å². The summed E-state index contributed by atoms with van der Waals surface area (Å²) in [5.74, 6) is -1.10. The first-order valence-electron chi connectivity index (χ1n) is 20.1. The Morgan fingerprint density at radius 3 is 1.31 bits per heavy atom. The van der Waals surface area contributed by atoms with Crippen LogP contribution in [0.2, 0.25) is 0 Å². The lowest BCUT2D eigenvalue weighted by molar-refractivity contribution is -0.153. The summed E-state index contributed by atoms with van der Waals surface area (Å²) in [6.45, 7) is 2.00. The van der Waals surface area contributed by atoms with Gasteiger partial charge >= 0.3 is 19.8 Å². The molecular weight excluding hydrogens is 683 g/mol. The topological polar surface area (TPSA) is 149 Å². The van der Waals surface area contributed by atoms with Gasteiger partial charge in [0, 0.05) is 12.8 Å². The van der Waals surface area contributed by atoms with Gasteiger partial charge in [-0.05, 0) is 38.5 Å². The Labute approximate surface area is 315 Å². The quantitative estimate of drug-likeness (QED) is 0.0242. The SMILES string of the molecule is CC/C=C\C/C=C\C/C=C\C/C=C\CCC(=O)OC(CO)COP(=O)(O)OCC(CO)OC(=O)CCCCCCCCCCCCCCCCCC. The summed E-state index contributed by atoms with van der Waals surface area (Å²) >= 11 is 0. The Kier molecular flexibility index (Phi) is 35.8. The fraction of sp³-hybridized carbons (Fsp3) is 0.756. The highest BCUT2D eigenvalue weighted by molar-refractivity contribution is 7.47. The van der Waals surface area contributed by atoms with Crippen LogP contribution in [0, 0.1) is 0 Å². The molecule has 0 aliphatic heterocycles. The van der Waals surface area contributed by atoms with Gasteiger partial charge < -0.3 is 24.6 Å². The average molecular weight is 757 g/mol. The molecule has 3 atom stereocenters. The number of ether oxygens (including phenoxy) is 2. The van der Waals surface area contributed by atoms with Crippen molar-refractivity contribution < 1.29 is 47.8 Å². The summed E-state index contributed by atoms with van der Waals surface area (Å²) in [5.41, 5.74) is 0. The van der Waals surface area contributed by atoms with Gasteiger partial charge in [0.15, 0.2) is 0 Å². The van der Waals surface area contributed by atoms with Gasteiger partial charge in [0.05, 0.1) is 26.4 Å². The van der Waals surface area contributed by atoms with Crippen LogP contribution in [-0.2, 0) is 32.7 Å². The molecule has 0 saturated carbocycles. The number of hydrogen-bond acceptors (Lipinski definition) is 9. The molecule has 0 aliphatic carbocycles. The smallest absolute Gasteiger partial charge is 0.457 e. The van der Waals surface area contributed by atoms with Crippen LogP contribution in [0.1, 0.15) is 162 Å². The van der Waals surface area contributed by atoms with Crippen molar-refractivity contribution in [2.24, 2.45) is 0 Å². The lowest BCUT2D eigenvalue weighted by Gasteiger charge is -2.20. The number of esters is 2. The Morgan fingerprint density at radius 1 is 0.538 bits per heavy atom. The predicted octanol–water partition coefficient (Wildman–Crippen LogP) is 10.2. The fourth-order valence-electron chi connectivity index (χ4n) is 5.25. The first-order chi connectivity index (χ1) is 25.3. The van der Waals surface area contributed by atoms with Gasteiger partial charge in [-0.1, -0.05) is 159 Å². The van der Waals surface area contributed by atoms with Gasteiger partial charge in [0.1, 0.15) is 12.2 Å². The normalized spacial score (nSPS) is 14.5. The number of carbonyl (C=O) groups excluding carboxylic acids is 2. The second-order valence-corrected chi connectivity index (χ2v) is 14.7. The number of phosphoric ester groups is 1. The molecule has 0 spiro atoms. The van der Waals surface area contributed by atoms with Crippen LogP contribution in [0.15, 0.2) is 48.6 Å². The van der Waals surface area contributed by atoms with Crippen molar-refractivity contribution in [3.8, 4) is 0 Å². The zero-order valence-corrected chi connectivity index (χ0v) is 33.4. The molecule has 0 fully saturated rings. The third-order valence-electron chi connectivity index (χ3n) is 8.32. The number of rotatable bonds is 37. The van der Waals surface area contributed by atoms with Crippen LogP contribution in [-0.4, -0.2) is 65.7 Å². The van der Waals surface area contributed by atoms with E-state index in [1.807, 2.05) is 18.2 Å². The molecule has 0 aromatic carbocycles. The molecule has 0 heterocycles. The summed E-state index contributed by atoms with van der Waals surface area (Å²) in [7, 11) is -4.65. The van der Waals surface area contributed by atoms with Gasteiger partial charge in [0.25, 0.3) is 0 Å². The Balaban J connectivity index is 4.01. The number of allylic oxidation sites excluding steroid dienone is 8. The number of aliphatic hydroxyl groups excluding tert-OH is 2. The van der Waals surface area contributed by atoms with Crippen molar-refractivity contribution in [1.29, 1.82) is 0 Å². The molecule has 0 aliphatic rings. The highest BCUT2D eigenvalue weighted by Crippen LogP contribution is 2.43. The molecule has 0 bridgehead atoms. The molecule has 52 heavy (non-hydrogen) atoms. The standard InChI is InChI=1S/C41H73O10P/c1-3-5-7-9-11-13-15-17-18-19-21-23-25-27-29-31-33-41(45)51-39(35-43)37-49-52(46,47)48-36-38(34-42)50-40(44)32-30-28-26-24-22-20-16-14-12-10-8-6-4-2/h6,8,12,14,20,22,26,28,38-39,42-43H,3-5,7,9-11,13,15-19,21,23-25,27,29-37H2,1-2H3,(H,46,47)/b8-6-,14-12-,22-20-,28-26-.